The topological polar surface area (TPSA) is 3.24 Å². The van der Waals surface area contributed by atoms with Crippen LogP contribution in [-0.2, 0) is 0 Å². The van der Waals surface area contributed by atoms with E-state index in [9.17, 15) is 0 Å². The van der Waals surface area contributed by atoms with Crippen molar-refractivity contribution in [3.05, 3.63) is 176 Å². The Morgan fingerprint density at radius 3 is 1.80 bits per heavy atom. The van der Waals surface area contributed by atoms with Gasteiger partial charge in [0.05, 0.1) is 10.4 Å². The lowest BCUT2D eigenvalue weighted by Gasteiger charge is -2.27. The van der Waals surface area contributed by atoms with Crippen molar-refractivity contribution in [2.24, 2.45) is 0 Å². The zero-order valence-corrected chi connectivity index (χ0v) is 28.1. The second-order valence-electron chi connectivity index (χ2n) is 12.5. The number of fused-ring (bicyclic) bond motifs is 7. The molecule has 0 fully saturated rings. The van der Waals surface area contributed by atoms with Crippen molar-refractivity contribution in [2.45, 2.75) is 0 Å². The lowest BCUT2D eigenvalue weighted by molar-refractivity contribution is 1.31. The number of nitrogens with zero attached hydrogens (tertiary/aromatic N) is 1. The Labute approximate surface area is 292 Å². The first-order valence-corrected chi connectivity index (χ1v) is 18.2. The van der Waals surface area contributed by atoms with E-state index >= 15 is 0 Å². The quantitative estimate of drug-likeness (QED) is 0.178. The molecule has 0 saturated carbocycles. The summed E-state index contributed by atoms with van der Waals surface area (Å²) in [7, 11) is 0. The number of thiophene rings is 2. The van der Waals surface area contributed by atoms with Gasteiger partial charge in [-0.2, -0.15) is 0 Å². The first-order valence-electron chi connectivity index (χ1n) is 16.6. The van der Waals surface area contributed by atoms with Gasteiger partial charge in [-0.3, -0.25) is 0 Å². The van der Waals surface area contributed by atoms with E-state index in [0.29, 0.717) is 0 Å². The molecule has 8 aromatic carbocycles. The number of anilines is 3. The molecule has 0 radical (unpaired) electrons. The molecule has 3 heteroatoms. The Bertz CT molecular complexity index is 2830. The highest BCUT2D eigenvalue weighted by atomic mass is 32.1. The van der Waals surface area contributed by atoms with Crippen molar-refractivity contribution in [3.8, 4) is 22.3 Å². The summed E-state index contributed by atoms with van der Waals surface area (Å²) in [6.07, 6.45) is 0. The van der Waals surface area contributed by atoms with E-state index in [1.807, 2.05) is 22.7 Å². The third-order valence-corrected chi connectivity index (χ3v) is 12.0. The van der Waals surface area contributed by atoms with Gasteiger partial charge in [-0.15, -0.1) is 22.7 Å². The van der Waals surface area contributed by atoms with Gasteiger partial charge >= 0.3 is 0 Å². The Morgan fingerprint density at radius 2 is 0.980 bits per heavy atom. The zero-order chi connectivity index (χ0) is 32.3. The maximum atomic E-state index is 2.45. The van der Waals surface area contributed by atoms with E-state index in [-0.39, 0.29) is 0 Å². The monoisotopic (exact) mass is 659 g/mol. The summed E-state index contributed by atoms with van der Waals surface area (Å²) in [5, 5.41) is 7.74. The molecule has 49 heavy (non-hydrogen) atoms. The zero-order valence-electron chi connectivity index (χ0n) is 26.5. The fourth-order valence-electron chi connectivity index (χ4n) is 7.40. The van der Waals surface area contributed by atoms with Crippen LogP contribution in [-0.4, -0.2) is 0 Å². The van der Waals surface area contributed by atoms with Gasteiger partial charge in [-0.25, -0.2) is 0 Å². The molecule has 10 aromatic rings. The van der Waals surface area contributed by atoms with Gasteiger partial charge in [0.25, 0.3) is 0 Å². The summed E-state index contributed by atoms with van der Waals surface area (Å²) in [4.78, 5) is 2.45. The Kier molecular flexibility index (Phi) is 6.61. The van der Waals surface area contributed by atoms with Crippen LogP contribution in [0.1, 0.15) is 0 Å². The van der Waals surface area contributed by atoms with Gasteiger partial charge in [0.1, 0.15) is 0 Å². The largest absolute Gasteiger partial charge is 0.309 e. The maximum Gasteiger partial charge on any atom is 0.0640 e. The molecule has 1 nitrogen and oxygen atoms in total. The molecule has 0 aliphatic heterocycles. The van der Waals surface area contributed by atoms with Gasteiger partial charge in [0.15, 0.2) is 0 Å². The second-order valence-corrected chi connectivity index (χ2v) is 14.6. The highest BCUT2D eigenvalue weighted by molar-refractivity contribution is 7.26. The summed E-state index contributed by atoms with van der Waals surface area (Å²) < 4.78 is 5.24. The Morgan fingerprint density at radius 1 is 0.367 bits per heavy atom. The molecule has 230 valence electrons. The normalized spacial score (nSPS) is 11.7. The number of hydrogen-bond acceptors (Lipinski definition) is 3. The highest BCUT2D eigenvalue weighted by Gasteiger charge is 2.21. The molecule has 0 amide bonds. The smallest absolute Gasteiger partial charge is 0.0640 e. The van der Waals surface area contributed by atoms with E-state index in [0.717, 1.165) is 11.4 Å². The molecular weight excluding hydrogens is 631 g/mol. The van der Waals surface area contributed by atoms with Gasteiger partial charge in [0, 0.05) is 47.0 Å². The fourth-order valence-corrected chi connectivity index (χ4v) is 9.76. The summed E-state index contributed by atoms with van der Waals surface area (Å²) >= 11 is 3.75. The molecule has 0 saturated heterocycles. The summed E-state index contributed by atoms with van der Waals surface area (Å²) in [6.45, 7) is 0. The molecule has 2 heterocycles. The molecule has 0 aliphatic rings. The first-order chi connectivity index (χ1) is 24.3. The minimum Gasteiger partial charge on any atom is -0.309 e. The van der Waals surface area contributed by atoms with Crippen LogP contribution in [0.5, 0.6) is 0 Å². The molecule has 2 aromatic heterocycles. The van der Waals surface area contributed by atoms with Crippen LogP contribution < -0.4 is 4.90 Å². The average Bonchev–Trinajstić information content (AvgIpc) is 3.75. The lowest BCUT2D eigenvalue weighted by atomic mass is 9.97. The number of hydrogen-bond donors (Lipinski definition) is 0. The van der Waals surface area contributed by atoms with Crippen LogP contribution >= 0.6 is 22.7 Å². The lowest BCUT2D eigenvalue weighted by Crippen LogP contribution is -2.10. The minimum atomic E-state index is 1.13. The van der Waals surface area contributed by atoms with E-state index < -0.39 is 0 Å². The molecule has 0 aliphatic carbocycles. The predicted molar refractivity (Wildman–Crippen MR) is 215 cm³/mol. The number of rotatable bonds is 5. The summed E-state index contributed by atoms with van der Waals surface area (Å²) in [5.74, 6) is 0. The van der Waals surface area contributed by atoms with E-state index in [1.54, 1.807) is 0 Å². The van der Waals surface area contributed by atoms with E-state index in [4.69, 9.17) is 0 Å². The van der Waals surface area contributed by atoms with Crippen molar-refractivity contribution in [1.82, 2.24) is 0 Å². The van der Waals surface area contributed by atoms with Gasteiger partial charge < -0.3 is 4.90 Å². The van der Waals surface area contributed by atoms with Crippen LogP contribution in [0.15, 0.2) is 176 Å². The Balaban J connectivity index is 1.20. The van der Waals surface area contributed by atoms with Crippen LogP contribution in [0.2, 0.25) is 0 Å². The van der Waals surface area contributed by atoms with Crippen LogP contribution in [0.25, 0.3) is 73.4 Å². The SMILES string of the molecule is c1ccc(-c2ccc(N(c3ccc(-c4cccc5sc6ccccc6c45)cc3)c3ccc4ccccc4c3)c3sc4ccccc4c23)cc1. The van der Waals surface area contributed by atoms with Crippen molar-refractivity contribution >= 4 is 90.9 Å². The van der Waals surface area contributed by atoms with Crippen LogP contribution in [0, 0.1) is 0 Å². The van der Waals surface area contributed by atoms with Gasteiger partial charge in [0.2, 0.25) is 0 Å². The van der Waals surface area contributed by atoms with Crippen molar-refractivity contribution in [1.29, 1.82) is 0 Å². The first kappa shape index (κ1) is 28.3. The van der Waals surface area contributed by atoms with Crippen molar-refractivity contribution in [2.75, 3.05) is 4.90 Å². The standard InChI is InChI=1S/C46H29NS2/c1-2-12-31(13-3-1)37-27-28-40(46-45(37)39-16-7-9-19-42(39)49-46)47(35-26-21-30-11-4-5-14-33(30)29-35)34-24-22-32(23-25-34)36-17-10-20-43-44(36)38-15-6-8-18-41(38)48-43/h1-29H. The van der Waals surface area contributed by atoms with Gasteiger partial charge in [-0.1, -0.05) is 127 Å². The molecule has 0 unspecified atom stereocenters. The fraction of sp³-hybridized carbons (Fsp3) is 0. The van der Waals surface area contributed by atoms with Crippen LogP contribution in [0.4, 0.5) is 17.1 Å². The molecular formula is C46H29NS2. The number of benzene rings is 8. The second kappa shape index (κ2) is 11.5. The summed E-state index contributed by atoms with van der Waals surface area (Å²) in [5.41, 5.74) is 8.46. The maximum absolute atomic E-state index is 2.45. The minimum absolute atomic E-state index is 1.13. The molecule has 10 rings (SSSR count). The average molecular weight is 660 g/mol. The predicted octanol–water partition coefficient (Wildman–Crippen LogP) is 14.4. The van der Waals surface area contributed by atoms with Crippen molar-refractivity contribution in [3.63, 3.8) is 0 Å². The third-order valence-electron chi connectivity index (χ3n) is 9.66. The van der Waals surface area contributed by atoms with Crippen LogP contribution in [0.3, 0.4) is 0 Å². The van der Waals surface area contributed by atoms with E-state index in [1.165, 1.54) is 79.1 Å². The highest BCUT2D eigenvalue weighted by Crippen LogP contribution is 2.49. The van der Waals surface area contributed by atoms with Gasteiger partial charge in [-0.05, 0) is 81.6 Å². The molecule has 0 N–H and O–H groups in total. The molecule has 0 bridgehead atoms. The molecule has 0 spiro atoms. The summed E-state index contributed by atoms with van der Waals surface area (Å²) in [6, 6.07) is 64.4. The van der Waals surface area contributed by atoms with Crippen molar-refractivity contribution < 1.29 is 0 Å². The third kappa shape index (κ3) is 4.66. The molecule has 0 atom stereocenters. The van der Waals surface area contributed by atoms with E-state index in [2.05, 4.69) is 181 Å². The Hall–Kier alpha value is -5.74.